The van der Waals surface area contributed by atoms with E-state index in [0.717, 1.165) is 47.3 Å². The normalized spacial score (nSPS) is 18.9. The Labute approximate surface area is 291 Å². The van der Waals surface area contributed by atoms with Crippen LogP contribution in [0.2, 0.25) is 21.1 Å². The van der Waals surface area contributed by atoms with Gasteiger partial charge in [-0.15, -0.1) is 0 Å². The van der Waals surface area contributed by atoms with E-state index in [4.69, 9.17) is 0 Å². The van der Waals surface area contributed by atoms with Crippen LogP contribution in [-0.2, 0) is 0 Å². The van der Waals surface area contributed by atoms with Gasteiger partial charge in [-0.1, -0.05) is 235 Å². The van der Waals surface area contributed by atoms with Crippen LogP contribution in [-0.4, -0.2) is 13.1 Å². The average Bonchev–Trinajstić information content (AvgIpc) is 3.01. The summed E-state index contributed by atoms with van der Waals surface area (Å²) in [6, 6.07) is 0. The van der Waals surface area contributed by atoms with E-state index < -0.39 is 13.1 Å². The van der Waals surface area contributed by atoms with Crippen molar-refractivity contribution in [2.75, 3.05) is 0 Å². The first kappa shape index (κ1) is 45.5. The molecular weight excluding hydrogens is 555 g/mol. The summed E-state index contributed by atoms with van der Waals surface area (Å²) in [6.07, 6.45) is 28.7. The predicted molar refractivity (Wildman–Crippen MR) is 213 cm³/mol. The van der Waals surface area contributed by atoms with Crippen molar-refractivity contribution in [2.45, 2.75) is 233 Å². The van der Waals surface area contributed by atoms with Crippen molar-refractivity contribution in [3.63, 3.8) is 0 Å². The number of rotatable bonds is 32. The van der Waals surface area contributed by atoms with Gasteiger partial charge in [-0.3, -0.25) is 0 Å². The topological polar surface area (TPSA) is 0 Å². The Morgan fingerprint density at radius 1 is 0.289 bits per heavy atom. The minimum atomic E-state index is -1.85. The molecule has 0 bridgehead atoms. The molecule has 0 aromatic heterocycles. The van der Waals surface area contributed by atoms with Gasteiger partial charge in [0.05, 0.1) is 0 Å². The number of hydrogen-bond acceptors (Lipinski definition) is 0. The maximum absolute atomic E-state index is 2.70. The highest BCUT2D eigenvalue weighted by Gasteiger charge is 2.35. The van der Waals surface area contributed by atoms with Crippen LogP contribution in [0, 0.1) is 47.3 Å². The van der Waals surface area contributed by atoms with Gasteiger partial charge in [0.25, 0.3) is 0 Å². The van der Waals surface area contributed by atoms with Gasteiger partial charge in [0.15, 0.2) is 0 Å². The van der Waals surface area contributed by atoms with Gasteiger partial charge in [0.1, 0.15) is 13.1 Å². The maximum Gasteiger partial charge on any atom is 0.135 e. The molecule has 0 heterocycles. The van der Waals surface area contributed by atoms with Gasteiger partial charge >= 0.3 is 0 Å². The van der Waals surface area contributed by atoms with Crippen molar-refractivity contribution >= 4 is 13.1 Å². The molecule has 0 aromatic carbocycles. The van der Waals surface area contributed by atoms with Crippen molar-refractivity contribution in [2.24, 2.45) is 47.3 Å². The van der Waals surface area contributed by atoms with E-state index in [1.165, 1.54) is 128 Å². The molecule has 8 unspecified atom stereocenters. The molecule has 0 radical (unpaired) electrons. The van der Waals surface area contributed by atoms with E-state index in [9.17, 15) is 0 Å². The monoisotopic (exact) mass is 648 g/mol. The van der Waals surface area contributed by atoms with Crippen LogP contribution in [0.15, 0.2) is 0 Å². The van der Waals surface area contributed by atoms with Crippen molar-refractivity contribution < 1.29 is 0 Å². The lowest BCUT2D eigenvalue weighted by atomic mass is 9.92. The molecule has 272 valence electrons. The summed E-state index contributed by atoms with van der Waals surface area (Å²) < 4.78 is 0. The summed E-state index contributed by atoms with van der Waals surface area (Å²) >= 11 is -1.85. The molecule has 0 aliphatic carbocycles. The van der Waals surface area contributed by atoms with Crippen molar-refractivity contribution in [3.8, 4) is 0 Å². The SMILES string of the molecule is CCCC(CC)CCC(C)[CH2][Al-]([CH2]C(C)CCC(CC)CCC)([CH2]C(C)CCC(CC)CCC)[CH2]C(C)CCC(CC)CCC. The van der Waals surface area contributed by atoms with Gasteiger partial charge in [-0.2, -0.15) is 21.1 Å². The van der Waals surface area contributed by atoms with Gasteiger partial charge in [-0.25, -0.2) is 0 Å². The van der Waals surface area contributed by atoms with E-state index in [2.05, 4.69) is 83.1 Å². The Balaban J connectivity index is 6.14. The molecular formula is C44H92Al-. The third-order valence-electron chi connectivity index (χ3n) is 13.0. The van der Waals surface area contributed by atoms with Gasteiger partial charge in [0, 0.05) is 0 Å². The second kappa shape index (κ2) is 28.4. The summed E-state index contributed by atoms with van der Waals surface area (Å²) in [5.74, 6) is 7.59. The zero-order chi connectivity index (χ0) is 34.1. The lowest BCUT2D eigenvalue weighted by Crippen LogP contribution is -2.41. The Morgan fingerprint density at radius 2 is 0.489 bits per heavy atom. The predicted octanol–water partition coefficient (Wildman–Crippen LogP) is 16.4. The molecule has 0 aromatic rings. The first-order valence-corrected chi connectivity index (χ1v) is 25.0. The second-order valence-corrected chi connectivity index (χ2v) is 23.0. The van der Waals surface area contributed by atoms with Crippen LogP contribution in [0.25, 0.3) is 0 Å². The van der Waals surface area contributed by atoms with Crippen LogP contribution in [0.5, 0.6) is 0 Å². The Bertz CT molecular complexity index is 517. The zero-order valence-electron chi connectivity index (χ0n) is 34.2. The lowest BCUT2D eigenvalue weighted by Gasteiger charge is -2.45. The molecule has 0 nitrogen and oxygen atoms in total. The molecule has 1 heteroatoms. The van der Waals surface area contributed by atoms with Crippen molar-refractivity contribution in [1.82, 2.24) is 0 Å². The molecule has 0 saturated heterocycles. The van der Waals surface area contributed by atoms with Gasteiger partial charge in [0.2, 0.25) is 0 Å². The fourth-order valence-corrected chi connectivity index (χ4v) is 19.3. The summed E-state index contributed by atoms with van der Waals surface area (Å²) in [5.41, 5.74) is 0. The van der Waals surface area contributed by atoms with Crippen LogP contribution in [0.4, 0.5) is 0 Å². The standard InChI is InChI=1S/4C11H23.Al/c4*1-5-7-11(6-2)9-8-10(3)4;/h4*10-11H,3,5-9H2,1-2,4H3;/q;;;;-1. The van der Waals surface area contributed by atoms with Crippen LogP contribution in [0.1, 0.15) is 212 Å². The highest BCUT2D eigenvalue weighted by molar-refractivity contribution is 6.80. The van der Waals surface area contributed by atoms with E-state index in [0.29, 0.717) is 0 Å². The van der Waals surface area contributed by atoms with Crippen LogP contribution >= 0.6 is 0 Å². The highest BCUT2D eigenvalue weighted by Crippen LogP contribution is 2.43. The summed E-state index contributed by atoms with van der Waals surface area (Å²) in [7, 11) is 0. The summed E-state index contributed by atoms with van der Waals surface area (Å²) in [6.45, 7) is 30.2. The Morgan fingerprint density at radius 3 is 0.644 bits per heavy atom. The van der Waals surface area contributed by atoms with Crippen LogP contribution in [0.3, 0.4) is 0 Å². The van der Waals surface area contributed by atoms with Gasteiger partial charge in [-0.05, 0) is 23.7 Å². The van der Waals surface area contributed by atoms with Crippen molar-refractivity contribution in [1.29, 1.82) is 0 Å². The smallest absolute Gasteiger partial charge is 0.135 e. The van der Waals surface area contributed by atoms with E-state index >= 15 is 0 Å². The molecule has 0 aliphatic heterocycles. The molecule has 0 amide bonds. The molecule has 0 fully saturated rings. The fraction of sp³-hybridized carbons (Fsp3) is 1.00. The van der Waals surface area contributed by atoms with Crippen LogP contribution < -0.4 is 0 Å². The Hall–Kier alpha value is 0.532. The third kappa shape index (κ3) is 22.0. The first-order valence-electron chi connectivity index (χ1n) is 21.8. The van der Waals surface area contributed by atoms with E-state index in [-0.39, 0.29) is 0 Å². The van der Waals surface area contributed by atoms with Crippen molar-refractivity contribution in [3.05, 3.63) is 0 Å². The average molecular weight is 648 g/mol. The fourth-order valence-electron chi connectivity index (χ4n) is 10.4. The molecule has 0 aliphatic rings. The minimum Gasteiger partial charge on any atom is -0.189 e. The highest BCUT2D eigenvalue weighted by atomic mass is 27.2. The summed E-state index contributed by atoms with van der Waals surface area (Å²) in [5, 5.41) is 6.61. The third-order valence-corrected chi connectivity index (χ3v) is 20.2. The Kier molecular flexibility index (Phi) is 28.7. The van der Waals surface area contributed by atoms with Gasteiger partial charge < -0.3 is 0 Å². The summed E-state index contributed by atoms with van der Waals surface area (Å²) in [4.78, 5) is 0. The lowest BCUT2D eigenvalue weighted by molar-refractivity contribution is 0.368. The maximum atomic E-state index is 2.70. The molecule has 0 saturated carbocycles. The quantitative estimate of drug-likeness (QED) is 0.0637. The van der Waals surface area contributed by atoms with E-state index in [1.807, 2.05) is 0 Å². The minimum absolute atomic E-state index is 0.933. The molecule has 0 N–H and O–H groups in total. The molecule has 45 heavy (non-hydrogen) atoms. The molecule has 0 rings (SSSR count). The first-order chi connectivity index (χ1) is 21.5. The largest absolute Gasteiger partial charge is 0.189 e. The second-order valence-electron chi connectivity index (χ2n) is 17.7. The molecule has 0 spiro atoms. The van der Waals surface area contributed by atoms with E-state index in [1.54, 1.807) is 21.1 Å². The number of hydrogen-bond donors (Lipinski definition) is 0. The molecule has 8 atom stereocenters. The zero-order valence-corrected chi connectivity index (χ0v) is 35.3.